The number of carbonyl (C=O) groups is 2. The van der Waals surface area contributed by atoms with E-state index in [1.807, 2.05) is 0 Å². The van der Waals surface area contributed by atoms with Crippen LogP contribution < -0.4 is 11.5 Å². The zero-order chi connectivity index (χ0) is 11.5. The van der Waals surface area contributed by atoms with E-state index in [0.717, 1.165) is 0 Å². The summed E-state index contributed by atoms with van der Waals surface area (Å²) >= 11 is 0. The van der Waals surface area contributed by atoms with E-state index in [1.165, 1.54) is 13.8 Å². The van der Waals surface area contributed by atoms with E-state index in [0.29, 0.717) is 0 Å². The van der Waals surface area contributed by atoms with E-state index in [2.05, 4.69) is 13.2 Å². The van der Waals surface area contributed by atoms with E-state index < -0.39 is 17.1 Å². The Morgan fingerprint density at radius 1 is 1.14 bits per heavy atom. The maximum atomic E-state index is 11.6. The zero-order valence-corrected chi connectivity index (χ0v) is 8.59. The summed E-state index contributed by atoms with van der Waals surface area (Å²) in [6, 6.07) is 0. The number of carbonyl (C=O) groups excluding carboxylic acids is 2. The minimum absolute atomic E-state index is 0.215. The fourth-order valence-electron chi connectivity index (χ4n) is 1.05. The molecule has 0 fully saturated rings. The highest BCUT2D eigenvalue weighted by molar-refractivity contribution is 6.22. The van der Waals surface area contributed by atoms with Gasteiger partial charge in [-0.3, -0.25) is 9.59 Å². The molecule has 0 atom stereocenters. The van der Waals surface area contributed by atoms with Crippen LogP contribution in [0.1, 0.15) is 13.8 Å². The Kier molecular flexibility index (Phi) is 3.92. The van der Waals surface area contributed by atoms with Crippen molar-refractivity contribution in [3.8, 4) is 0 Å². The summed E-state index contributed by atoms with van der Waals surface area (Å²) in [7, 11) is 0. The van der Waals surface area contributed by atoms with Crippen molar-refractivity contribution in [3.05, 3.63) is 24.3 Å². The third-order valence-corrected chi connectivity index (χ3v) is 1.91. The van der Waals surface area contributed by atoms with Gasteiger partial charge in [0.25, 0.3) is 0 Å². The predicted octanol–water partition coefficient (Wildman–Crippen LogP) is -0.0670. The van der Waals surface area contributed by atoms with Crippen molar-refractivity contribution in [2.45, 2.75) is 19.4 Å². The maximum absolute atomic E-state index is 11.6. The van der Waals surface area contributed by atoms with Crippen molar-refractivity contribution in [3.63, 3.8) is 0 Å². The normalized spacial score (nSPS) is 10.9. The summed E-state index contributed by atoms with van der Waals surface area (Å²) < 4.78 is 0. The molecule has 0 heterocycles. The van der Waals surface area contributed by atoms with Gasteiger partial charge in [0.1, 0.15) is 0 Å². The summed E-state index contributed by atoms with van der Waals surface area (Å²) in [6.07, 6.45) is 0. The highest BCUT2D eigenvalue weighted by Crippen LogP contribution is 2.12. The van der Waals surface area contributed by atoms with Crippen molar-refractivity contribution in [2.75, 3.05) is 6.54 Å². The molecule has 0 aromatic heterocycles. The molecule has 14 heavy (non-hydrogen) atoms. The van der Waals surface area contributed by atoms with Crippen molar-refractivity contribution in [1.29, 1.82) is 0 Å². The number of hydrogen-bond donors (Lipinski definition) is 2. The van der Waals surface area contributed by atoms with Gasteiger partial charge in [-0.25, -0.2) is 0 Å². The van der Waals surface area contributed by atoms with Crippen LogP contribution in [-0.4, -0.2) is 23.7 Å². The summed E-state index contributed by atoms with van der Waals surface area (Å²) in [5.74, 6) is -1.07. The van der Waals surface area contributed by atoms with Gasteiger partial charge in [-0.2, -0.15) is 0 Å². The summed E-state index contributed by atoms with van der Waals surface area (Å²) in [5.41, 5.74) is 9.71. The van der Waals surface area contributed by atoms with Gasteiger partial charge in [0, 0.05) is 6.54 Å². The quantitative estimate of drug-likeness (QED) is 0.476. The molecule has 4 heteroatoms. The van der Waals surface area contributed by atoms with Gasteiger partial charge in [0.15, 0.2) is 17.1 Å². The fraction of sp³-hybridized carbons (Fsp3) is 0.400. The molecule has 4 nitrogen and oxygen atoms in total. The Hall–Kier alpha value is -1.26. The number of nitrogens with two attached hydrogens (primary N) is 2. The van der Waals surface area contributed by atoms with Crippen LogP contribution in [0.4, 0.5) is 0 Å². The molecule has 0 aliphatic rings. The van der Waals surface area contributed by atoms with Crippen molar-refractivity contribution in [2.24, 2.45) is 11.5 Å². The van der Waals surface area contributed by atoms with Gasteiger partial charge >= 0.3 is 0 Å². The third kappa shape index (κ3) is 2.16. The lowest BCUT2D eigenvalue weighted by Gasteiger charge is -2.24. The molecule has 0 spiro atoms. The lowest BCUT2D eigenvalue weighted by atomic mass is 9.84. The first-order valence-corrected chi connectivity index (χ1v) is 4.17. The van der Waals surface area contributed by atoms with Crippen molar-refractivity contribution >= 4 is 11.6 Å². The average molecular weight is 196 g/mol. The highest BCUT2D eigenvalue weighted by Gasteiger charge is 2.40. The molecule has 0 saturated heterocycles. The molecule has 0 amide bonds. The SMILES string of the molecule is C=C(C)C(=O)C(N)(CN)C(=O)C(=C)C. The van der Waals surface area contributed by atoms with Crippen LogP contribution in [0, 0.1) is 0 Å². The smallest absolute Gasteiger partial charge is 0.187 e. The van der Waals surface area contributed by atoms with Crippen LogP contribution in [0.2, 0.25) is 0 Å². The lowest BCUT2D eigenvalue weighted by molar-refractivity contribution is -0.129. The van der Waals surface area contributed by atoms with Crippen LogP contribution in [0.25, 0.3) is 0 Å². The first-order valence-electron chi connectivity index (χ1n) is 4.17. The van der Waals surface area contributed by atoms with Gasteiger partial charge < -0.3 is 11.5 Å². The molecular formula is C10H16N2O2. The first kappa shape index (κ1) is 12.7. The maximum Gasteiger partial charge on any atom is 0.187 e. The summed E-state index contributed by atoms with van der Waals surface area (Å²) in [4.78, 5) is 23.2. The molecule has 0 aliphatic heterocycles. The molecule has 0 saturated carbocycles. The van der Waals surface area contributed by atoms with Gasteiger partial charge in [-0.05, 0) is 25.0 Å². The largest absolute Gasteiger partial charge is 0.328 e. The molecule has 0 unspecified atom stereocenters. The van der Waals surface area contributed by atoms with Crippen LogP contribution in [0.15, 0.2) is 24.3 Å². The molecule has 0 bridgehead atoms. The monoisotopic (exact) mass is 196 g/mol. The van der Waals surface area contributed by atoms with Crippen LogP contribution in [-0.2, 0) is 9.59 Å². The van der Waals surface area contributed by atoms with E-state index in [4.69, 9.17) is 11.5 Å². The molecular weight excluding hydrogens is 180 g/mol. The van der Waals surface area contributed by atoms with Crippen molar-refractivity contribution in [1.82, 2.24) is 0 Å². The Morgan fingerprint density at radius 2 is 1.43 bits per heavy atom. The third-order valence-electron chi connectivity index (χ3n) is 1.91. The van der Waals surface area contributed by atoms with E-state index in [-0.39, 0.29) is 17.7 Å². The Morgan fingerprint density at radius 3 is 1.57 bits per heavy atom. The topological polar surface area (TPSA) is 86.2 Å². The first-order chi connectivity index (χ1) is 6.27. The average Bonchev–Trinajstić information content (AvgIpc) is 2.13. The number of hydrogen-bond acceptors (Lipinski definition) is 4. The molecule has 4 N–H and O–H groups in total. The molecule has 78 valence electrons. The standard InChI is InChI=1S/C10H16N2O2/c1-6(2)8(13)10(12,5-11)9(14)7(3)4/h1,3,5,11-12H2,2,4H3. The van der Waals surface area contributed by atoms with E-state index >= 15 is 0 Å². The molecule has 0 aromatic rings. The minimum atomic E-state index is -1.70. The molecule has 0 aliphatic carbocycles. The number of Topliss-reactive ketones (excluding diaryl/α,β-unsaturated/α-hetero) is 2. The second-order valence-corrected chi connectivity index (χ2v) is 3.39. The van der Waals surface area contributed by atoms with Gasteiger partial charge in [-0.15, -0.1) is 0 Å². The van der Waals surface area contributed by atoms with Gasteiger partial charge in [0.2, 0.25) is 0 Å². The molecule has 0 aromatic carbocycles. The summed E-state index contributed by atoms with van der Waals surface area (Å²) in [6.45, 7) is 9.62. The molecule has 0 rings (SSSR count). The van der Waals surface area contributed by atoms with E-state index in [1.54, 1.807) is 0 Å². The van der Waals surface area contributed by atoms with Gasteiger partial charge in [0.05, 0.1) is 0 Å². The van der Waals surface area contributed by atoms with Gasteiger partial charge in [-0.1, -0.05) is 13.2 Å². The second-order valence-electron chi connectivity index (χ2n) is 3.39. The predicted molar refractivity (Wildman–Crippen MR) is 55.6 cm³/mol. The minimum Gasteiger partial charge on any atom is -0.328 e. The van der Waals surface area contributed by atoms with Crippen LogP contribution in [0.3, 0.4) is 0 Å². The van der Waals surface area contributed by atoms with Crippen LogP contribution in [0.5, 0.6) is 0 Å². The lowest BCUT2D eigenvalue weighted by Crippen LogP contribution is -2.60. The number of ketones is 2. The van der Waals surface area contributed by atoms with Crippen LogP contribution >= 0.6 is 0 Å². The van der Waals surface area contributed by atoms with Crippen molar-refractivity contribution < 1.29 is 9.59 Å². The Balaban J connectivity index is 5.18. The van der Waals surface area contributed by atoms with E-state index in [9.17, 15) is 9.59 Å². The number of rotatable bonds is 5. The molecule has 0 radical (unpaired) electrons. The second kappa shape index (κ2) is 4.30. The highest BCUT2D eigenvalue weighted by atomic mass is 16.2. The Bertz CT molecular complexity index is 279. The Labute approximate surface area is 83.6 Å². The zero-order valence-electron chi connectivity index (χ0n) is 8.59. The summed E-state index contributed by atoms with van der Waals surface area (Å²) in [5, 5.41) is 0. The fourth-order valence-corrected chi connectivity index (χ4v) is 1.05.